The van der Waals surface area contributed by atoms with Crippen molar-refractivity contribution in [1.82, 2.24) is 0 Å². The van der Waals surface area contributed by atoms with Gasteiger partial charge in [-0.1, -0.05) is 55.4 Å². The fourth-order valence-corrected chi connectivity index (χ4v) is 23.9. The highest BCUT2D eigenvalue weighted by Gasteiger charge is 2.61. The van der Waals surface area contributed by atoms with E-state index in [-0.39, 0.29) is 22.2 Å². The Kier molecular flexibility index (Phi) is 16.0. The number of rotatable bonds is 20. The van der Waals surface area contributed by atoms with Crippen LogP contribution in [0.3, 0.4) is 0 Å². The highest BCUT2D eigenvalue weighted by atomic mass is 28.5. The van der Waals surface area contributed by atoms with Gasteiger partial charge in [-0.3, -0.25) is 0 Å². The molecule has 0 bridgehead atoms. The second-order valence-corrected chi connectivity index (χ2v) is 25.8. The van der Waals surface area contributed by atoms with Crippen molar-refractivity contribution in [3.63, 3.8) is 0 Å². The maximum Gasteiger partial charge on any atom is 0.358 e. The molecule has 0 saturated carbocycles. The largest absolute Gasteiger partial charge is 0.412 e. The maximum absolute atomic E-state index is 7.32. The fourth-order valence-electron chi connectivity index (χ4n) is 3.95. The first-order chi connectivity index (χ1) is 16.3. The van der Waals surface area contributed by atoms with Crippen molar-refractivity contribution in [3.05, 3.63) is 0 Å². The van der Waals surface area contributed by atoms with Crippen LogP contribution in [0.5, 0.6) is 0 Å². The molecule has 0 aromatic rings. The van der Waals surface area contributed by atoms with Gasteiger partial charge in [-0.25, -0.2) is 0 Å². The molecule has 0 radical (unpaired) electrons. The average molecular weight is 575 g/mol. The molecule has 0 fully saturated rings. The van der Waals surface area contributed by atoms with Gasteiger partial charge < -0.3 is 40.1 Å². The Morgan fingerprint density at radius 3 is 0.743 bits per heavy atom. The molecule has 0 N–H and O–H groups in total. The van der Waals surface area contributed by atoms with Gasteiger partial charge >= 0.3 is 34.2 Å². The summed E-state index contributed by atoms with van der Waals surface area (Å²) in [5.41, 5.74) is 0.361. The van der Waals surface area contributed by atoms with Gasteiger partial charge in [0.05, 0.1) is 24.9 Å². The monoisotopic (exact) mass is 574 g/mol. The Labute approximate surface area is 219 Å². The lowest BCUT2D eigenvalue weighted by Gasteiger charge is -2.50. The predicted molar refractivity (Wildman–Crippen MR) is 148 cm³/mol. The molecule has 4 unspecified atom stereocenters. The Balaban J connectivity index is 6.96. The van der Waals surface area contributed by atoms with E-state index in [1.54, 1.807) is 42.7 Å². The molecule has 0 aliphatic carbocycles. The molecule has 35 heavy (non-hydrogen) atoms. The number of hydrogen-bond donors (Lipinski definition) is 0. The van der Waals surface area contributed by atoms with Crippen molar-refractivity contribution in [1.29, 1.82) is 0 Å². The summed E-state index contributed by atoms with van der Waals surface area (Å²) < 4.78 is 56.6. The molecule has 0 heterocycles. The van der Waals surface area contributed by atoms with Crippen LogP contribution in [0.2, 0.25) is 22.2 Å². The Morgan fingerprint density at radius 2 is 0.571 bits per heavy atom. The third-order valence-corrected chi connectivity index (χ3v) is 26.1. The van der Waals surface area contributed by atoms with E-state index < -0.39 is 34.2 Å². The summed E-state index contributed by atoms with van der Waals surface area (Å²) in [6.07, 6.45) is 1.45. The lowest BCUT2D eigenvalue weighted by molar-refractivity contribution is 0.121. The van der Waals surface area contributed by atoms with E-state index in [0.717, 1.165) is 0 Å². The highest BCUT2D eigenvalue weighted by molar-refractivity contribution is 6.91. The smallest absolute Gasteiger partial charge is 0.358 e. The van der Waals surface area contributed by atoms with E-state index in [0.29, 0.717) is 24.9 Å². The van der Waals surface area contributed by atoms with Crippen molar-refractivity contribution in [2.75, 3.05) is 67.6 Å². The Hall–Kier alpha value is 0.508. The summed E-state index contributed by atoms with van der Waals surface area (Å²) in [5.74, 6) is 0. The summed E-state index contributed by atoms with van der Waals surface area (Å²) in [4.78, 5) is 0. The zero-order chi connectivity index (χ0) is 27.5. The van der Waals surface area contributed by atoms with Crippen molar-refractivity contribution >= 4 is 34.2 Å². The molecule has 0 aliphatic rings. The van der Waals surface area contributed by atoms with E-state index in [9.17, 15) is 0 Å². The van der Waals surface area contributed by atoms with Gasteiger partial charge in [-0.05, 0) is 22.2 Å². The molecule has 0 spiro atoms. The molecule has 0 aliphatic heterocycles. The first kappa shape index (κ1) is 35.5. The molecule has 13 heteroatoms. The van der Waals surface area contributed by atoms with Crippen molar-refractivity contribution in [3.8, 4) is 0 Å². The minimum Gasteiger partial charge on any atom is -0.412 e. The normalized spacial score (nSPS) is 19.7. The van der Waals surface area contributed by atoms with Gasteiger partial charge in [0.15, 0.2) is 0 Å². The SMILES string of the molecule is COC[Si](OC)(O[Si](COC)(O[Si](COC)(O[Si](COC)(OC)C(C)C)C(C)C)C(C)C)C(C)C. The van der Waals surface area contributed by atoms with Gasteiger partial charge in [0.1, 0.15) is 0 Å². The van der Waals surface area contributed by atoms with Crippen LogP contribution in [0.4, 0.5) is 0 Å². The first-order valence-electron chi connectivity index (χ1n) is 12.4. The third kappa shape index (κ3) is 8.76. The Bertz CT molecular complexity index is 539. The number of methoxy groups -OCH3 is 4. The molecule has 9 nitrogen and oxygen atoms in total. The molecule has 0 aromatic carbocycles. The quantitative estimate of drug-likeness (QED) is 0.195. The minimum absolute atomic E-state index is 0.0475. The molecular formula is C22H54O9Si4. The van der Waals surface area contributed by atoms with E-state index in [1.165, 1.54) is 0 Å². The van der Waals surface area contributed by atoms with E-state index >= 15 is 0 Å². The molecule has 4 atom stereocenters. The zero-order valence-electron chi connectivity index (χ0n) is 24.8. The van der Waals surface area contributed by atoms with Gasteiger partial charge in [0, 0.05) is 42.7 Å². The van der Waals surface area contributed by atoms with Crippen molar-refractivity contribution in [2.24, 2.45) is 0 Å². The van der Waals surface area contributed by atoms with Gasteiger partial charge in [0.25, 0.3) is 0 Å². The van der Waals surface area contributed by atoms with Gasteiger partial charge in [-0.15, -0.1) is 0 Å². The lowest BCUT2D eigenvalue weighted by Crippen LogP contribution is -2.71. The second kappa shape index (κ2) is 15.8. The summed E-state index contributed by atoms with van der Waals surface area (Å²) in [6.45, 7) is 16.9. The third-order valence-electron chi connectivity index (χ3n) is 6.63. The van der Waals surface area contributed by atoms with Crippen molar-refractivity contribution < 1.29 is 40.1 Å². The highest BCUT2D eigenvalue weighted by Crippen LogP contribution is 2.40. The van der Waals surface area contributed by atoms with Crippen LogP contribution in [-0.2, 0) is 40.1 Å². The molecular weight excluding hydrogens is 521 g/mol. The van der Waals surface area contributed by atoms with Crippen LogP contribution in [0.1, 0.15) is 55.4 Å². The molecule has 0 rings (SSSR count). The van der Waals surface area contributed by atoms with Crippen LogP contribution in [0.25, 0.3) is 0 Å². The average Bonchev–Trinajstić information content (AvgIpc) is 2.77. The Morgan fingerprint density at radius 1 is 0.371 bits per heavy atom. The lowest BCUT2D eigenvalue weighted by atomic mass is 10.6. The summed E-state index contributed by atoms with van der Waals surface area (Å²) in [6, 6.07) is 0. The van der Waals surface area contributed by atoms with Crippen LogP contribution in [-0.4, -0.2) is 102 Å². The minimum atomic E-state index is -3.12. The molecule has 0 saturated heterocycles. The van der Waals surface area contributed by atoms with Crippen LogP contribution in [0, 0.1) is 0 Å². The molecule has 0 aromatic heterocycles. The van der Waals surface area contributed by atoms with Crippen LogP contribution in [0.15, 0.2) is 0 Å². The van der Waals surface area contributed by atoms with Gasteiger partial charge in [0.2, 0.25) is 0 Å². The van der Waals surface area contributed by atoms with Crippen LogP contribution >= 0.6 is 0 Å². The van der Waals surface area contributed by atoms with Crippen molar-refractivity contribution in [2.45, 2.75) is 77.6 Å². The maximum atomic E-state index is 7.32. The topological polar surface area (TPSA) is 83.1 Å². The summed E-state index contributed by atoms with van der Waals surface area (Å²) in [7, 11) is -1.77. The predicted octanol–water partition coefficient (Wildman–Crippen LogP) is 4.48. The summed E-state index contributed by atoms with van der Waals surface area (Å²) in [5, 5.41) is 0. The van der Waals surface area contributed by atoms with E-state index in [2.05, 4.69) is 55.4 Å². The standard InChI is InChI=1S/C22H54O9Si4/c1-19(2)32(27-13,15-23-9)29-34(17-25-11,21(5)6)31-35(18-26-12,22(7)8)30-33(28-14,16-24-10)20(3)4/h19-22H,15-18H2,1-14H3. The summed E-state index contributed by atoms with van der Waals surface area (Å²) >= 11 is 0. The number of hydrogen-bond acceptors (Lipinski definition) is 9. The fraction of sp³-hybridized carbons (Fsp3) is 1.00. The number of ether oxygens (including phenoxy) is 4. The molecule has 0 amide bonds. The molecule has 212 valence electrons. The second-order valence-electron chi connectivity index (χ2n) is 10.3. The van der Waals surface area contributed by atoms with E-state index in [1.807, 2.05) is 0 Å². The van der Waals surface area contributed by atoms with Crippen LogP contribution < -0.4 is 0 Å². The zero-order valence-corrected chi connectivity index (χ0v) is 28.8. The first-order valence-corrected chi connectivity index (χ1v) is 20.8. The van der Waals surface area contributed by atoms with E-state index in [4.69, 9.17) is 40.1 Å². The van der Waals surface area contributed by atoms with Gasteiger partial charge in [-0.2, -0.15) is 0 Å².